The molecule has 0 saturated heterocycles. The van der Waals surface area contributed by atoms with Crippen LogP contribution < -0.4 is 0 Å². The minimum absolute atomic E-state index is 0.506. The Bertz CT molecular complexity index is 500. The van der Waals surface area contributed by atoms with Gasteiger partial charge in [0, 0.05) is 5.02 Å². The SMILES string of the molecule is CC(C)c1ccc(C(O)c2ccc(Cl)cc2)cc1. The van der Waals surface area contributed by atoms with Gasteiger partial charge in [0.1, 0.15) is 6.10 Å². The molecule has 0 amide bonds. The van der Waals surface area contributed by atoms with Crippen molar-refractivity contribution < 1.29 is 5.11 Å². The lowest BCUT2D eigenvalue weighted by molar-refractivity contribution is 0.220. The number of benzene rings is 2. The van der Waals surface area contributed by atoms with Crippen molar-refractivity contribution in [2.45, 2.75) is 25.9 Å². The molecular weight excluding hydrogens is 244 g/mol. The predicted molar refractivity (Wildman–Crippen MR) is 76.0 cm³/mol. The van der Waals surface area contributed by atoms with Crippen LogP contribution in [0.15, 0.2) is 48.5 Å². The van der Waals surface area contributed by atoms with Crippen LogP contribution in [0.3, 0.4) is 0 Å². The summed E-state index contributed by atoms with van der Waals surface area (Å²) < 4.78 is 0. The van der Waals surface area contributed by atoms with E-state index in [2.05, 4.69) is 26.0 Å². The Morgan fingerprint density at radius 3 is 1.61 bits per heavy atom. The lowest BCUT2D eigenvalue weighted by Gasteiger charge is -2.13. The highest BCUT2D eigenvalue weighted by atomic mass is 35.5. The summed E-state index contributed by atoms with van der Waals surface area (Å²) in [7, 11) is 0. The van der Waals surface area contributed by atoms with Crippen molar-refractivity contribution in [1.82, 2.24) is 0 Å². The second-order valence-corrected chi connectivity index (χ2v) is 5.21. The normalized spacial score (nSPS) is 12.7. The Morgan fingerprint density at radius 2 is 1.17 bits per heavy atom. The van der Waals surface area contributed by atoms with E-state index < -0.39 is 6.10 Å². The largest absolute Gasteiger partial charge is 0.384 e. The summed E-state index contributed by atoms with van der Waals surface area (Å²) in [5, 5.41) is 11.0. The minimum Gasteiger partial charge on any atom is -0.384 e. The van der Waals surface area contributed by atoms with E-state index in [1.54, 1.807) is 12.1 Å². The maximum absolute atomic E-state index is 10.3. The number of aliphatic hydroxyl groups excluding tert-OH is 1. The monoisotopic (exact) mass is 260 g/mol. The van der Waals surface area contributed by atoms with Gasteiger partial charge in [0.2, 0.25) is 0 Å². The van der Waals surface area contributed by atoms with E-state index in [4.69, 9.17) is 11.6 Å². The van der Waals surface area contributed by atoms with Crippen molar-refractivity contribution in [2.24, 2.45) is 0 Å². The standard InChI is InChI=1S/C16H17ClO/c1-11(2)12-3-5-13(6-4-12)16(18)14-7-9-15(17)10-8-14/h3-11,16,18H,1-2H3. The molecule has 0 bridgehead atoms. The molecule has 1 atom stereocenters. The molecule has 1 N–H and O–H groups in total. The fraction of sp³-hybridized carbons (Fsp3) is 0.250. The molecule has 1 nitrogen and oxygen atoms in total. The molecule has 0 saturated carbocycles. The summed E-state index contributed by atoms with van der Waals surface area (Å²) >= 11 is 5.84. The van der Waals surface area contributed by atoms with Crippen LogP contribution in [0.1, 0.15) is 42.6 Å². The Hall–Kier alpha value is -1.31. The summed E-state index contributed by atoms with van der Waals surface area (Å²) in [5.74, 6) is 0.506. The smallest absolute Gasteiger partial charge is 0.104 e. The first-order valence-corrected chi connectivity index (χ1v) is 6.49. The number of rotatable bonds is 3. The zero-order chi connectivity index (χ0) is 13.1. The van der Waals surface area contributed by atoms with E-state index in [1.165, 1.54) is 5.56 Å². The topological polar surface area (TPSA) is 20.2 Å². The Balaban J connectivity index is 2.23. The first-order valence-electron chi connectivity index (χ1n) is 6.11. The maximum Gasteiger partial charge on any atom is 0.104 e. The highest BCUT2D eigenvalue weighted by molar-refractivity contribution is 6.30. The summed E-state index contributed by atoms with van der Waals surface area (Å²) in [6.45, 7) is 4.31. The van der Waals surface area contributed by atoms with Gasteiger partial charge in [0.05, 0.1) is 0 Å². The fourth-order valence-electron chi connectivity index (χ4n) is 1.90. The van der Waals surface area contributed by atoms with Gasteiger partial charge < -0.3 is 5.11 Å². The summed E-state index contributed by atoms with van der Waals surface area (Å²) in [6.07, 6.45) is -0.594. The number of hydrogen-bond donors (Lipinski definition) is 1. The van der Waals surface area contributed by atoms with E-state index in [1.807, 2.05) is 24.3 Å². The van der Waals surface area contributed by atoms with Gasteiger partial charge in [-0.1, -0.05) is 61.8 Å². The summed E-state index contributed by atoms with van der Waals surface area (Å²) in [5.41, 5.74) is 3.04. The second-order valence-electron chi connectivity index (χ2n) is 4.78. The molecule has 0 aliphatic rings. The summed E-state index contributed by atoms with van der Waals surface area (Å²) in [6, 6.07) is 15.4. The number of aliphatic hydroxyl groups is 1. The molecular formula is C16H17ClO. The van der Waals surface area contributed by atoms with Gasteiger partial charge in [-0.05, 0) is 34.7 Å². The number of hydrogen-bond acceptors (Lipinski definition) is 1. The fourth-order valence-corrected chi connectivity index (χ4v) is 2.03. The molecule has 0 spiro atoms. The van der Waals surface area contributed by atoms with Crippen LogP contribution in [0.2, 0.25) is 5.02 Å². The van der Waals surface area contributed by atoms with E-state index in [-0.39, 0.29) is 0 Å². The molecule has 0 radical (unpaired) electrons. The van der Waals surface area contributed by atoms with Crippen LogP contribution in [0.4, 0.5) is 0 Å². The van der Waals surface area contributed by atoms with Gasteiger partial charge in [-0.3, -0.25) is 0 Å². The van der Waals surface area contributed by atoms with E-state index in [0.717, 1.165) is 11.1 Å². The van der Waals surface area contributed by atoms with Gasteiger partial charge in [-0.25, -0.2) is 0 Å². The van der Waals surface area contributed by atoms with E-state index in [9.17, 15) is 5.11 Å². The molecule has 94 valence electrons. The number of halogens is 1. The van der Waals surface area contributed by atoms with Gasteiger partial charge >= 0.3 is 0 Å². The lowest BCUT2D eigenvalue weighted by Crippen LogP contribution is -1.99. The van der Waals surface area contributed by atoms with Gasteiger partial charge in [0.25, 0.3) is 0 Å². The Morgan fingerprint density at radius 1 is 0.778 bits per heavy atom. The van der Waals surface area contributed by atoms with Gasteiger partial charge in [-0.2, -0.15) is 0 Å². The third-order valence-corrected chi connectivity index (χ3v) is 3.36. The van der Waals surface area contributed by atoms with Gasteiger partial charge in [-0.15, -0.1) is 0 Å². The molecule has 1 unspecified atom stereocenters. The molecule has 18 heavy (non-hydrogen) atoms. The highest BCUT2D eigenvalue weighted by Crippen LogP contribution is 2.25. The van der Waals surface area contributed by atoms with Crippen LogP contribution in [0.5, 0.6) is 0 Å². The van der Waals surface area contributed by atoms with Crippen LogP contribution >= 0.6 is 11.6 Å². The molecule has 0 heterocycles. The lowest BCUT2D eigenvalue weighted by atomic mass is 9.97. The maximum atomic E-state index is 10.3. The molecule has 0 aromatic heterocycles. The van der Waals surface area contributed by atoms with Crippen molar-refractivity contribution in [3.05, 3.63) is 70.2 Å². The van der Waals surface area contributed by atoms with Crippen LogP contribution in [0, 0.1) is 0 Å². The molecule has 2 aromatic carbocycles. The average molecular weight is 261 g/mol. The second kappa shape index (κ2) is 5.55. The van der Waals surface area contributed by atoms with E-state index in [0.29, 0.717) is 10.9 Å². The van der Waals surface area contributed by atoms with Crippen molar-refractivity contribution in [3.63, 3.8) is 0 Å². The molecule has 2 rings (SSSR count). The van der Waals surface area contributed by atoms with E-state index >= 15 is 0 Å². The third-order valence-electron chi connectivity index (χ3n) is 3.10. The quantitative estimate of drug-likeness (QED) is 0.859. The van der Waals surface area contributed by atoms with Crippen LogP contribution in [-0.4, -0.2) is 5.11 Å². The van der Waals surface area contributed by atoms with Crippen molar-refractivity contribution in [3.8, 4) is 0 Å². The zero-order valence-corrected chi connectivity index (χ0v) is 11.4. The molecule has 0 fully saturated rings. The first kappa shape index (κ1) is 13.1. The first-order chi connectivity index (χ1) is 8.58. The predicted octanol–water partition coefficient (Wildman–Crippen LogP) is 4.55. The van der Waals surface area contributed by atoms with Gasteiger partial charge in [0.15, 0.2) is 0 Å². The molecule has 0 aliphatic heterocycles. The Kier molecular flexibility index (Phi) is 4.05. The average Bonchev–Trinajstić information content (AvgIpc) is 2.39. The molecule has 2 aromatic rings. The minimum atomic E-state index is -0.594. The third kappa shape index (κ3) is 2.92. The highest BCUT2D eigenvalue weighted by Gasteiger charge is 2.10. The van der Waals surface area contributed by atoms with Crippen LogP contribution in [0.25, 0.3) is 0 Å². The van der Waals surface area contributed by atoms with Crippen LogP contribution in [-0.2, 0) is 0 Å². The van der Waals surface area contributed by atoms with Crippen molar-refractivity contribution >= 4 is 11.6 Å². The molecule has 2 heteroatoms. The van der Waals surface area contributed by atoms with Crippen molar-refractivity contribution in [1.29, 1.82) is 0 Å². The zero-order valence-electron chi connectivity index (χ0n) is 10.6. The molecule has 0 aliphatic carbocycles. The van der Waals surface area contributed by atoms with Crippen molar-refractivity contribution in [2.75, 3.05) is 0 Å². The Labute approximate surface area is 113 Å². The summed E-state index contributed by atoms with van der Waals surface area (Å²) in [4.78, 5) is 0.